The van der Waals surface area contributed by atoms with Gasteiger partial charge in [-0.1, -0.05) is 20.3 Å². The molecule has 0 bridgehead atoms. The molecule has 4 unspecified atom stereocenters. The summed E-state index contributed by atoms with van der Waals surface area (Å²) in [6, 6.07) is 0.710. The number of nitrogens with two attached hydrogens (primary N) is 1. The van der Waals surface area contributed by atoms with Crippen LogP contribution >= 0.6 is 0 Å². The summed E-state index contributed by atoms with van der Waals surface area (Å²) in [6.07, 6.45) is 8.14. The maximum absolute atomic E-state index is 6.00. The van der Waals surface area contributed by atoms with E-state index in [4.69, 9.17) is 10.5 Å². The average molecular weight is 268 g/mol. The van der Waals surface area contributed by atoms with Gasteiger partial charge in [0.05, 0.1) is 6.10 Å². The molecule has 3 heteroatoms. The van der Waals surface area contributed by atoms with E-state index in [0.29, 0.717) is 18.1 Å². The van der Waals surface area contributed by atoms with Crippen molar-refractivity contribution in [3.05, 3.63) is 0 Å². The molecule has 2 N–H and O–H groups in total. The molecule has 2 rings (SSSR count). The van der Waals surface area contributed by atoms with E-state index in [9.17, 15) is 0 Å². The van der Waals surface area contributed by atoms with Crippen LogP contribution in [0.3, 0.4) is 0 Å². The molecule has 2 aliphatic rings. The van der Waals surface area contributed by atoms with Gasteiger partial charge in [0.15, 0.2) is 0 Å². The van der Waals surface area contributed by atoms with Crippen molar-refractivity contribution >= 4 is 0 Å². The lowest BCUT2D eigenvalue weighted by molar-refractivity contribution is -0.0302. The van der Waals surface area contributed by atoms with Gasteiger partial charge in [0, 0.05) is 19.2 Å². The maximum atomic E-state index is 6.00. The lowest BCUT2D eigenvalue weighted by Gasteiger charge is -2.45. The molecular weight excluding hydrogens is 236 g/mol. The number of likely N-dealkylation sites (tertiary alicyclic amines) is 1. The van der Waals surface area contributed by atoms with E-state index in [1.807, 2.05) is 0 Å². The van der Waals surface area contributed by atoms with Gasteiger partial charge < -0.3 is 10.5 Å². The van der Waals surface area contributed by atoms with E-state index in [0.717, 1.165) is 32.0 Å². The SMILES string of the molecule is CCCOC1CCCN(C2CC(C)CCC2CN)C1. The van der Waals surface area contributed by atoms with Crippen LogP contribution in [-0.4, -0.2) is 43.3 Å². The topological polar surface area (TPSA) is 38.5 Å². The van der Waals surface area contributed by atoms with E-state index in [1.54, 1.807) is 0 Å². The Hall–Kier alpha value is -0.120. The second kappa shape index (κ2) is 7.61. The minimum Gasteiger partial charge on any atom is -0.377 e. The van der Waals surface area contributed by atoms with Crippen molar-refractivity contribution in [1.82, 2.24) is 4.90 Å². The fourth-order valence-corrected chi connectivity index (χ4v) is 3.82. The lowest BCUT2D eigenvalue weighted by Crippen LogP contribution is -2.51. The Morgan fingerprint density at radius 1 is 1.26 bits per heavy atom. The van der Waals surface area contributed by atoms with E-state index in [2.05, 4.69) is 18.7 Å². The van der Waals surface area contributed by atoms with E-state index >= 15 is 0 Å². The zero-order valence-electron chi connectivity index (χ0n) is 12.8. The zero-order chi connectivity index (χ0) is 13.7. The molecule has 112 valence electrons. The zero-order valence-corrected chi connectivity index (χ0v) is 12.8. The lowest BCUT2D eigenvalue weighted by atomic mass is 9.77. The van der Waals surface area contributed by atoms with Crippen LogP contribution in [0.15, 0.2) is 0 Å². The molecule has 0 radical (unpaired) electrons. The summed E-state index contributed by atoms with van der Waals surface area (Å²) in [5, 5.41) is 0. The van der Waals surface area contributed by atoms with Crippen LogP contribution in [0.4, 0.5) is 0 Å². The Balaban J connectivity index is 1.90. The molecule has 1 heterocycles. The first-order valence-electron chi connectivity index (χ1n) is 8.30. The number of nitrogens with zero attached hydrogens (tertiary/aromatic N) is 1. The highest BCUT2D eigenvalue weighted by Crippen LogP contribution is 2.33. The third-order valence-corrected chi connectivity index (χ3v) is 4.96. The predicted molar refractivity (Wildman–Crippen MR) is 80.2 cm³/mol. The van der Waals surface area contributed by atoms with Gasteiger partial charge in [-0.3, -0.25) is 4.90 Å². The van der Waals surface area contributed by atoms with Gasteiger partial charge in [-0.25, -0.2) is 0 Å². The molecule has 3 nitrogen and oxygen atoms in total. The van der Waals surface area contributed by atoms with Crippen LogP contribution < -0.4 is 5.73 Å². The minimum atomic E-state index is 0.462. The summed E-state index contributed by atoms with van der Waals surface area (Å²) in [4.78, 5) is 2.69. The Bertz CT molecular complexity index is 259. The molecule has 0 aromatic rings. The van der Waals surface area contributed by atoms with Crippen LogP contribution in [0.25, 0.3) is 0 Å². The normalized spacial score (nSPS) is 37.4. The summed E-state index contributed by atoms with van der Waals surface area (Å²) < 4.78 is 5.98. The molecule has 1 aliphatic heterocycles. The van der Waals surface area contributed by atoms with Crippen LogP contribution in [-0.2, 0) is 4.74 Å². The first-order chi connectivity index (χ1) is 9.24. The fourth-order valence-electron chi connectivity index (χ4n) is 3.82. The smallest absolute Gasteiger partial charge is 0.0702 e. The highest BCUT2D eigenvalue weighted by atomic mass is 16.5. The molecule has 0 aromatic carbocycles. The Kier molecular flexibility index (Phi) is 6.11. The van der Waals surface area contributed by atoms with E-state index < -0.39 is 0 Å². The van der Waals surface area contributed by atoms with Gasteiger partial charge in [0.2, 0.25) is 0 Å². The molecule has 1 aliphatic carbocycles. The molecule has 4 atom stereocenters. The van der Waals surface area contributed by atoms with Gasteiger partial charge >= 0.3 is 0 Å². The minimum absolute atomic E-state index is 0.462. The van der Waals surface area contributed by atoms with Gasteiger partial charge in [0.25, 0.3) is 0 Å². The molecule has 0 amide bonds. The molecule has 1 saturated carbocycles. The number of rotatable bonds is 5. The molecule has 0 spiro atoms. The summed E-state index contributed by atoms with van der Waals surface area (Å²) >= 11 is 0. The highest BCUT2D eigenvalue weighted by molar-refractivity contribution is 4.89. The summed E-state index contributed by atoms with van der Waals surface area (Å²) in [6.45, 7) is 8.74. The Morgan fingerprint density at radius 2 is 2.11 bits per heavy atom. The van der Waals surface area contributed by atoms with E-state index in [1.165, 1.54) is 38.6 Å². The number of ether oxygens (including phenoxy) is 1. The van der Waals surface area contributed by atoms with Crippen LogP contribution in [0.2, 0.25) is 0 Å². The van der Waals surface area contributed by atoms with Crippen LogP contribution in [0.5, 0.6) is 0 Å². The first-order valence-corrected chi connectivity index (χ1v) is 8.30. The second-order valence-electron chi connectivity index (χ2n) is 6.61. The number of piperidine rings is 1. The maximum Gasteiger partial charge on any atom is 0.0702 e. The van der Waals surface area contributed by atoms with Gasteiger partial charge in [-0.15, -0.1) is 0 Å². The summed E-state index contributed by atoms with van der Waals surface area (Å²) in [5.41, 5.74) is 6.00. The van der Waals surface area contributed by atoms with Gasteiger partial charge in [-0.2, -0.15) is 0 Å². The fraction of sp³-hybridized carbons (Fsp3) is 1.00. The molecule has 0 aromatic heterocycles. The molecule has 19 heavy (non-hydrogen) atoms. The molecule has 2 fully saturated rings. The summed E-state index contributed by atoms with van der Waals surface area (Å²) in [5.74, 6) is 1.57. The monoisotopic (exact) mass is 268 g/mol. The van der Waals surface area contributed by atoms with Crippen molar-refractivity contribution in [2.24, 2.45) is 17.6 Å². The molecule has 1 saturated heterocycles. The van der Waals surface area contributed by atoms with Gasteiger partial charge in [-0.05, 0) is 57.0 Å². The third kappa shape index (κ3) is 4.17. The van der Waals surface area contributed by atoms with Crippen LogP contribution in [0.1, 0.15) is 52.4 Å². The predicted octanol–water partition coefficient (Wildman–Crippen LogP) is 2.64. The van der Waals surface area contributed by atoms with Crippen molar-refractivity contribution in [2.75, 3.05) is 26.2 Å². The van der Waals surface area contributed by atoms with Gasteiger partial charge in [0.1, 0.15) is 0 Å². The Morgan fingerprint density at radius 3 is 2.84 bits per heavy atom. The molecular formula is C16H32N2O. The third-order valence-electron chi connectivity index (χ3n) is 4.96. The first kappa shape index (κ1) is 15.3. The van der Waals surface area contributed by atoms with E-state index in [-0.39, 0.29) is 0 Å². The number of hydrogen-bond acceptors (Lipinski definition) is 3. The highest BCUT2D eigenvalue weighted by Gasteiger charge is 2.34. The average Bonchev–Trinajstić information content (AvgIpc) is 2.45. The standard InChI is InChI=1S/C16H32N2O/c1-3-9-19-15-5-4-8-18(12-15)16-10-13(2)6-7-14(16)11-17/h13-16H,3-12,17H2,1-2H3. The largest absolute Gasteiger partial charge is 0.377 e. The van der Waals surface area contributed by atoms with Crippen molar-refractivity contribution < 1.29 is 4.74 Å². The van der Waals surface area contributed by atoms with Crippen LogP contribution in [0, 0.1) is 11.8 Å². The summed E-state index contributed by atoms with van der Waals surface area (Å²) in [7, 11) is 0. The van der Waals surface area contributed by atoms with Crippen molar-refractivity contribution in [2.45, 2.75) is 64.5 Å². The van der Waals surface area contributed by atoms with Crippen molar-refractivity contribution in [1.29, 1.82) is 0 Å². The number of hydrogen-bond donors (Lipinski definition) is 1. The second-order valence-corrected chi connectivity index (χ2v) is 6.61. The Labute approximate surface area is 118 Å². The van der Waals surface area contributed by atoms with Crippen molar-refractivity contribution in [3.8, 4) is 0 Å². The quantitative estimate of drug-likeness (QED) is 0.833. The van der Waals surface area contributed by atoms with Crippen molar-refractivity contribution in [3.63, 3.8) is 0 Å².